The molecule has 4 rings (SSSR count). The molecule has 0 fully saturated rings. The molecule has 0 unspecified atom stereocenters. The lowest BCUT2D eigenvalue weighted by molar-refractivity contribution is -0.469. The molecular formula is C13H13ClN7O+. The van der Waals surface area contributed by atoms with Crippen LogP contribution >= 0.6 is 11.6 Å². The standard InChI is InChI=1S/C13H13ClN7O/c1-7-9-12(19-20(7)2)22-5-3-4-21-11-8(10(14)18-21)6-15-13(16-9)17-11/h6H,2-5H2,1H3,(H,15,16,17)/q+1. The number of anilines is 1. The second-order valence-corrected chi connectivity index (χ2v) is 5.39. The molecule has 2 bridgehead atoms. The van der Waals surface area contributed by atoms with E-state index in [1.165, 1.54) is 4.68 Å². The van der Waals surface area contributed by atoms with Gasteiger partial charge in [0.2, 0.25) is 11.6 Å². The molecule has 2 aromatic rings. The second kappa shape index (κ2) is 4.77. The maximum atomic E-state index is 6.12. The minimum Gasteiger partial charge on any atom is -0.472 e. The number of fused-ring (bicyclic) bond motifs is 2. The van der Waals surface area contributed by atoms with Gasteiger partial charge in [0.05, 0.1) is 12.0 Å². The van der Waals surface area contributed by atoms with Crippen molar-refractivity contribution in [1.82, 2.24) is 19.7 Å². The predicted molar refractivity (Wildman–Crippen MR) is 82.0 cm³/mol. The van der Waals surface area contributed by atoms with Gasteiger partial charge in [-0.25, -0.2) is 9.67 Å². The summed E-state index contributed by atoms with van der Waals surface area (Å²) in [6.45, 7) is 6.89. The van der Waals surface area contributed by atoms with Crippen LogP contribution in [0.5, 0.6) is 0 Å². The number of ether oxygens (including phenoxy) is 1. The Morgan fingerprint density at radius 3 is 3.23 bits per heavy atom. The van der Waals surface area contributed by atoms with Crippen LogP contribution in [0.3, 0.4) is 0 Å². The van der Waals surface area contributed by atoms with Gasteiger partial charge in [0, 0.05) is 31.2 Å². The number of hydrogen-bond acceptors (Lipinski definition) is 6. The van der Waals surface area contributed by atoms with Gasteiger partial charge in [-0.15, -0.1) is 0 Å². The summed E-state index contributed by atoms with van der Waals surface area (Å²) in [4.78, 5) is 8.79. The molecule has 2 aliphatic heterocycles. The lowest BCUT2D eigenvalue weighted by Crippen LogP contribution is -2.15. The molecule has 0 saturated heterocycles. The predicted octanol–water partition coefficient (Wildman–Crippen LogP) is 1.58. The summed E-state index contributed by atoms with van der Waals surface area (Å²) in [5, 5.41) is 12.8. The number of aryl methyl sites for hydroxylation is 1. The van der Waals surface area contributed by atoms with Crippen molar-refractivity contribution in [2.75, 3.05) is 11.9 Å². The smallest absolute Gasteiger partial charge is 0.310 e. The maximum Gasteiger partial charge on any atom is 0.310 e. The van der Waals surface area contributed by atoms with E-state index in [4.69, 9.17) is 16.3 Å². The lowest BCUT2D eigenvalue weighted by Gasteiger charge is -2.06. The highest BCUT2D eigenvalue weighted by Gasteiger charge is 2.30. The van der Waals surface area contributed by atoms with Crippen molar-refractivity contribution in [2.45, 2.75) is 19.9 Å². The van der Waals surface area contributed by atoms with E-state index >= 15 is 0 Å². The Bertz CT molecular complexity index is 867. The Balaban J connectivity index is 1.86. The lowest BCUT2D eigenvalue weighted by atomic mass is 10.3. The third-order valence-corrected chi connectivity index (χ3v) is 3.89. The first-order chi connectivity index (χ1) is 10.6. The van der Waals surface area contributed by atoms with E-state index in [1.807, 2.05) is 6.92 Å². The van der Waals surface area contributed by atoms with E-state index in [2.05, 4.69) is 32.2 Å². The molecule has 0 aliphatic carbocycles. The van der Waals surface area contributed by atoms with Crippen molar-refractivity contribution < 1.29 is 9.42 Å². The zero-order valence-electron chi connectivity index (χ0n) is 11.9. The minimum atomic E-state index is 0.405. The number of allylic oxidation sites excluding steroid dienone is 1. The van der Waals surface area contributed by atoms with E-state index in [-0.39, 0.29) is 0 Å². The fraction of sp³-hybridized carbons (Fsp3) is 0.308. The van der Waals surface area contributed by atoms with Crippen molar-refractivity contribution in [1.29, 1.82) is 0 Å². The summed E-state index contributed by atoms with van der Waals surface area (Å²) >= 11 is 6.12. The molecule has 112 valence electrons. The van der Waals surface area contributed by atoms with Gasteiger partial charge in [-0.2, -0.15) is 10.1 Å². The highest BCUT2D eigenvalue weighted by molar-refractivity contribution is 6.34. The molecule has 0 atom stereocenters. The van der Waals surface area contributed by atoms with Crippen LogP contribution < -0.4 is 5.32 Å². The first-order valence-corrected chi connectivity index (χ1v) is 7.20. The van der Waals surface area contributed by atoms with Crippen LogP contribution in [0.1, 0.15) is 13.3 Å². The van der Waals surface area contributed by atoms with E-state index < -0.39 is 0 Å². The summed E-state index contributed by atoms with van der Waals surface area (Å²) < 4.78 is 9.02. The van der Waals surface area contributed by atoms with Crippen LogP contribution in [0.4, 0.5) is 5.95 Å². The van der Waals surface area contributed by atoms with Crippen LogP contribution in [0.15, 0.2) is 22.7 Å². The van der Waals surface area contributed by atoms with Gasteiger partial charge in [0.15, 0.2) is 23.2 Å². The van der Waals surface area contributed by atoms with Gasteiger partial charge < -0.3 is 10.1 Å². The molecule has 2 aliphatic rings. The third-order valence-electron chi connectivity index (χ3n) is 3.61. The van der Waals surface area contributed by atoms with E-state index in [0.717, 1.165) is 17.5 Å². The molecule has 0 saturated carbocycles. The third kappa shape index (κ3) is 1.95. The summed E-state index contributed by atoms with van der Waals surface area (Å²) in [6.07, 6.45) is 2.42. The summed E-state index contributed by atoms with van der Waals surface area (Å²) in [5.41, 5.74) is 2.25. The number of nitrogens with zero attached hydrogens (tertiary/aromatic N) is 6. The highest BCUT2D eigenvalue weighted by atomic mass is 35.5. The van der Waals surface area contributed by atoms with E-state index in [1.54, 1.807) is 10.9 Å². The van der Waals surface area contributed by atoms with Crippen molar-refractivity contribution in [3.63, 3.8) is 0 Å². The van der Waals surface area contributed by atoms with Crippen LogP contribution in [-0.2, 0) is 11.3 Å². The number of nitrogens with one attached hydrogen (secondary N) is 1. The number of halogens is 1. The molecule has 22 heavy (non-hydrogen) atoms. The van der Waals surface area contributed by atoms with Gasteiger partial charge in [-0.3, -0.25) is 0 Å². The molecular weight excluding hydrogens is 306 g/mol. The Morgan fingerprint density at radius 2 is 2.36 bits per heavy atom. The van der Waals surface area contributed by atoms with Crippen molar-refractivity contribution in [3.8, 4) is 0 Å². The number of rotatable bonds is 0. The maximum absolute atomic E-state index is 6.12. The molecule has 0 aromatic carbocycles. The number of hydrogen-bond donors (Lipinski definition) is 1. The molecule has 2 aromatic heterocycles. The minimum absolute atomic E-state index is 0.405. The Labute approximate surface area is 130 Å². The van der Waals surface area contributed by atoms with Crippen LogP contribution in [0.2, 0.25) is 5.15 Å². The van der Waals surface area contributed by atoms with Crippen LogP contribution in [-0.4, -0.2) is 43.7 Å². The van der Waals surface area contributed by atoms with E-state index in [0.29, 0.717) is 41.5 Å². The quantitative estimate of drug-likeness (QED) is 0.746. The molecule has 0 radical (unpaired) electrons. The van der Waals surface area contributed by atoms with Crippen LogP contribution in [0.25, 0.3) is 11.0 Å². The first kappa shape index (κ1) is 13.2. The monoisotopic (exact) mass is 318 g/mol. The molecule has 0 spiro atoms. The Kier molecular flexibility index (Phi) is 2.86. The molecule has 8 nitrogen and oxygen atoms in total. The topological polar surface area (TPSA) is 80.2 Å². The summed E-state index contributed by atoms with van der Waals surface area (Å²) in [6, 6.07) is 0. The Hall–Kier alpha value is -2.48. The highest BCUT2D eigenvalue weighted by Crippen LogP contribution is 2.24. The van der Waals surface area contributed by atoms with Gasteiger partial charge in [-0.1, -0.05) is 16.3 Å². The van der Waals surface area contributed by atoms with Gasteiger partial charge in [-0.05, 0) is 0 Å². The fourth-order valence-electron chi connectivity index (χ4n) is 2.40. The van der Waals surface area contributed by atoms with Crippen LogP contribution in [0, 0.1) is 0 Å². The number of aromatic nitrogens is 4. The average molecular weight is 319 g/mol. The second-order valence-electron chi connectivity index (χ2n) is 5.04. The largest absolute Gasteiger partial charge is 0.472 e. The van der Waals surface area contributed by atoms with Gasteiger partial charge >= 0.3 is 5.90 Å². The summed E-state index contributed by atoms with van der Waals surface area (Å²) in [5.74, 6) is 0.932. The zero-order chi connectivity index (χ0) is 15.3. The van der Waals surface area contributed by atoms with Crippen molar-refractivity contribution in [3.05, 3.63) is 22.7 Å². The average Bonchev–Trinajstić information content (AvgIpc) is 2.95. The van der Waals surface area contributed by atoms with Crippen molar-refractivity contribution in [2.24, 2.45) is 5.10 Å². The first-order valence-electron chi connectivity index (χ1n) is 6.83. The molecule has 1 N–H and O–H groups in total. The van der Waals surface area contributed by atoms with Gasteiger partial charge in [0.1, 0.15) is 0 Å². The van der Waals surface area contributed by atoms with E-state index in [9.17, 15) is 0 Å². The molecule has 4 heterocycles. The molecule has 9 heteroatoms. The zero-order valence-corrected chi connectivity index (χ0v) is 12.6. The summed E-state index contributed by atoms with van der Waals surface area (Å²) in [7, 11) is 0. The van der Waals surface area contributed by atoms with Crippen molar-refractivity contribution >= 4 is 41.2 Å². The SMILES string of the molecule is C=[N+]1N=C2OCCCn3nc(Cl)c4cnc(nc43)NC2=C1C. The number of hydrazone groups is 1. The van der Waals surface area contributed by atoms with Gasteiger partial charge in [0.25, 0.3) is 0 Å². The fourth-order valence-corrected chi connectivity index (χ4v) is 2.62. The normalized spacial score (nSPS) is 17.9. The Morgan fingerprint density at radius 1 is 1.50 bits per heavy atom. The molecule has 0 amide bonds.